The molecule has 0 spiro atoms. The predicted molar refractivity (Wildman–Crippen MR) is 221 cm³/mol. The number of ketones is 2. The monoisotopic (exact) mass is 781 g/mol. The summed E-state index contributed by atoms with van der Waals surface area (Å²) in [7, 11) is 8.65. The molecule has 56 heavy (non-hydrogen) atoms. The molecule has 11 nitrogen and oxygen atoms in total. The van der Waals surface area contributed by atoms with Crippen LogP contribution in [0, 0.1) is 54.8 Å². The maximum atomic E-state index is 14.3. The number of amides is 3. The highest BCUT2D eigenvalue weighted by Crippen LogP contribution is 2.31. The molecule has 1 aromatic carbocycles. The van der Waals surface area contributed by atoms with Gasteiger partial charge in [0.2, 0.25) is 17.7 Å². The van der Waals surface area contributed by atoms with Gasteiger partial charge in [0.1, 0.15) is 11.7 Å². The number of likely N-dealkylation sites (N-methyl/N-ethyl adjacent to an activating group) is 2. The summed E-state index contributed by atoms with van der Waals surface area (Å²) >= 11 is 0. The minimum absolute atomic E-state index is 0.00710. The Balaban J connectivity index is 2.23. The first kappa shape index (κ1) is 48.6. The van der Waals surface area contributed by atoms with Crippen molar-refractivity contribution in [2.75, 3.05) is 41.9 Å². The fraction of sp³-hybridized carbons (Fsp3) is 0.711. The van der Waals surface area contributed by atoms with Gasteiger partial charge in [-0.15, -0.1) is 6.42 Å². The Morgan fingerprint density at radius 1 is 0.911 bits per heavy atom. The fourth-order valence-corrected chi connectivity index (χ4v) is 8.44. The van der Waals surface area contributed by atoms with Gasteiger partial charge < -0.3 is 24.6 Å². The van der Waals surface area contributed by atoms with E-state index in [1.165, 1.54) is 7.11 Å². The Morgan fingerprint density at radius 3 is 2.04 bits per heavy atom. The lowest BCUT2D eigenvalue weighted by Gasteiger charge is -2.41. The van der Waals surface area contributed by atoms with Crippen molar-refractivity contribution in [3.63, 3.8) is 0 Å². The Bertz CT molecular complexity index is 1480. The van der Waals surface area contributed by atoms with E-state index in [2.05, 4.69) is 25.1 Å². The summed E-state index contributed by atoms with van der Waals surface area (Å²) in [4.78, 5) is 74.2. The molecule has 2 rings (SSSR count). The normalized spacial score (nSPS) is 18.8. The first-order valence-corrected chi connectivity index (χ1v) is 20.5. The zero-order valence-corrected chi connectivity index (χ0v) is 36.6. The van der Waals surface area contributed by atoms with Gasteiger partial charge in [-0.2, -0.15) is 0 Å². The minimum Gasteiger partial charge on any atom is -0.379 e. The standard InChI is InChI=1S/C45H72N4O7/c1-15-31(8)42(48(12)45(54)35(28(3)4)25-38(51)41(29(5)6)47(10)11)39(55-13)26-40(52)49-23-17-18-36(49)43(56-14)32(9)37(50)24-34(16-2)44(53)46-27-33-21-19-30(7)20-22-33/h2,19-22,28-29,31-32,34-36,39,41-43H,15,17-18,23-27H2,1,3-14H3,(H,46,53)/t31-,32-,34?,35-,36-,39+,41-,42-,43+/m0/s1. The van der Waals surface area contributed by atoms with Crippen molar-refractivity contribution in [1.82, 2.24) is 20.0 Å². The van der Waals surface area contributed by atoms with E-state index in [0.29, 0.717) is 19.5 Å². The zero-order chi connectivity index (χ0) is 42.4. The van der Waals surface area contributed by atoms with Gasteiger partial charge in [-0.3, -0.25) is 28.9 Å². The third kappa shape index (κ3) is 13.0. The minimum atomic E-state index is -0.938. The number of rotatable bonds is 23. The number of ether oxygens (including phenoxy) is 2. The average Bonchev–Trinajstić information content (AvgIpc) is 3.64. The lowest BCUT2D eigenvalue weighted by atomic mass is 9.83. The Labute approximate surface area is 338 Å². The first-order chi connectivity index (χ1) is 26.3. The number of carbonyl (C=O) groups excluding carboxylic acids is 5. The molecule has 9 atom stereocenters. The van der Waals surface area contributed by atoms with E-state index in [4.69, 9.17) is 15.9 Å². The van der Waals surface area contributed by atoms with Crippen molar-refractivity contribution in [3.8, 4) is 12.3 Å². The zero-order valence-electron chi connectivity index (χ0n) is 36.6. The van der Waals surface area contributed by atoms with Crippen molar-refractivity contribution in [2.24, 2.45) is 35.5 Å². The highest BCUT2D eigenvalue weighted by molar-refractivity contribution is 5.91. The Kier molecular flexibility index (Phi) is 19.9. The molecule has 1 unspecified atom stereocenters. The number of hydrogen-bond donors (Lipinski definition) is 1. The van der Waals surface area contributed by atoms with Crippen LogP contribution in [0.3, 0.4) is 0 Å². The summed E-state index contributed by atoms with van der Waals surface area (Å²) in [6.45, 7) is 16.6. The number of methoxy groups -OCH3 is 2. The Morgan fingerprint density at radius 2 is 1.54 bits per heavy atom. The molecular formula is C45H72N4O7. The molecule has 1 N–H and O–H groups in total. The van der Waals surface area contributed by atoms with Gasteiger partial charge in [0.25, 0.3) is 0 Å². The van der Waals surface area contributed by atoms with Crippen molar-refractivity contribution < 1.29 is 33.4 Å². The highest BCUT2D eigenvalue weighted by atomic mass is 16.5. The van der Waals surface area contributed by atoms with Crippen LogP contribution in [0.4, 0.5) is 0 Å². The van der Waals surface area contributed by atoms with Gasteiger partial charge in [-0.1, -0.05) is 90.6 Å². The number of terminal acetylenes is 1. The molecular weight excluding hydrogens is 709 g/mol. The van der Waals surface area contributed by atoms with E-state index in [1.54, 1.807) is 30.9 Å². The van der Waals surface area contributed by atoms with Gasteiger partial charge in [-0.05, 0) is 57.2 Å². The topological polar surface area (TPSA) is 126 Å². The third-order valence-corrected chi connectivity index (χ3v) is 11.9. The molecule has 1 aliphatic heterocycles. The summed E-state index contributed by atoms with van der Waals surface area (Å²) < 4.78 is 12.0. The molecule has 0 aromatic heterocycles. The van der Waals surface area contributed by atoms with Crippen LogP contribution in [0.5, 0.6) is 0 Å². The Hall–Kier alpha value is -3.59. The number of benzene rings is 1. The van der Waals surface area contributed by atoms with E-state index < -0.39 is 36.0 Å². The van der Waals surface area contributed by atoms with Crippen LogP contribution in [-0.2, 0) is 40.0 Å². The third-order valence-electron chi connectivity index (χ3n) is 11.9. The summed E-state index contributed by atoms with van der Waals surface area (Å²) in [5, 5.41) is 2.85. The molecule has 0 bridgehead atoms. The number of likely N-dealkylation sites (tertiary alicyclic amines) is 1. The maximum Gasteiger partial charge on any atom is 0.235 e. The molecule has 1 aliphatic rings. The quantitative estimate of drug-likeness (QED) is 0.143. The van der Waals surface area contributed by atoms with E-state index in [9.17, 15) is 24.0 Å². The van der Waals surface area contributed by atoms with E-state index in [-0.39, 0.29) is 78.4 Å². The molecule has 0 radical (unpaired) electrons. The number of carbonyl (C=O) groups is 5. The van der Waals surface area contributed by atoms with Crippen LogP contribution in [0.2, 0.25) is 0 Å². The van der Waals surface area contributed by atoms with Crippen molar-refractivity contribution in [1.29, 1.82) is 0 Å². The lowest BCUT2D eigenvalue weighted by molar-refractivity contribution is -0.149. The van der Waals surface area contributed by atoms with E-state index in [0.717, 1.165) is 24.0 Å². The number of nitrogens with zero attached hydrogens (tertiary/aromatic N) is 3. The molecule has 0 saturated carbocycles. The maximum absolute atomic E-state index is 14.3. The van der Waals surface area contributed by atoms with Gasteiger partial charge in [-0.25, -0.2) is 0 Å². The summed E-state index contributed by atoms with van der Waals surface area (Å²) in [5.41, 5.74) is 2.05. The number of hydrogen-bond acceptors (Lipinski definition) is 8. The SMILES string of the molecule is C#CC(CC(=O)[C@H](C)[C@@H](OC)[C@@H]1CCCN1C(=O)C[C@@H](OC)[C@H]([C@@H](C)CC)N(C)C(=O)[C@@H](CC(=O)[C@H](C(C)C)N(C)C)C(C)C)C(=O)NCc1ccc(C)cc1. The van der Waals surface area contributed by atoms with Crippen molar-refractivity contribution in [3.05, 3.63) is 35.4 Å². The van der Waals surface area contributed by atoms with Crippen LogP contribution < -0.4 is 5.32 Å². The average molecular weight is 781 g/mol. The second-order valence-electron chi connectivity index (χ2n) is 16.9. The molecule has 0 aliphatic carbocycles. The lowest BCUT2D eigenvalue weighted by Crippen LogP contribution is -2.54. The number of aryl methyl sites for hydroxylation is 1. The molecule has 3 amide bonds. The van der Waals surface area contributed by atoms with Gasteiger partial charge >= 0.3 is 0 Å². The fourth-order valence-electron chi connectivity index (χ4n) is 8.44. The van der Waals surface area contributed by atoms with Crippen LogP contribution >= 0.6 is 0 Å². The number of Topliss-reactive ketones (excluding diaryl/α,β-unsaturated/α-hetero) is 2. The number of nitrogens with one attached hydrogen (secondary N) is 1. The van der Waals surface area contributed by atoms with Crippen LogP contribution in [0.15, 0.2) is 24.3 Å². The van der Waals surface area contributed by atoms with E-state index >= 15 is 0 Å². The molecule has 1 saturated heterocycles. The van der Waals surface area contributed by atoms with Crippen molar-refractivity contribution in [2.45, 2.75) is 131 Å². The van der Waals surface area contributed by atoms with Gasteiger partial charge in [0.05, 0.1) is 36.8 Å². The van der Waals surface area contributed by atoms with Crippen LogP contribution in [-0.4, -0.2) is 116 Å². The molecule has 314 valence electrons. The van der Waals surface area contributed by atoms with E-state index in [1.807, 2.05) is 77.9 Å². The molecule has 1 aromatic rings. The van der Waals surface area contributed by atoms with Crippen molar-refractivity contribution >= 4 is 29.3 Å². The second-order valence-corrected chi connectivity index (χ2v) is 16.9. The van der Waals surface area contributed by atoms with Gasteiger partial charge in [0, 0.05) is 59.0 Å². The second kappa shape index (κ2) is 23.0. The summed E-state index contributed by atoms with van der Waals surface area (Å²) in [6.07, 6.45) is 6.68. The molecule has 11 heteroatoms. The molecule has 1 heterocycles. The molecule has 1 fully saturated rings. The van der Waals surface area contributed by atoms with Crippen LogP contribution in [0.25, 0.3) is 0 Å². The highest BCUT2D eigenvalue weighted by Gasteiger charge is 2.43. The smallest absolute Gasteiger partial charge is 0.235 e. The predicted octanol–water partition coefficient (Wildman–Crippen LogP) is 5.56. The summed E-state index contributed by atoms with van der Waals surface area (Å²) in [6, 6.07) is 6.72. The first-order valence-electron chi connectivity index (χ1n) is 20.5. The summed E-state index contributed by atoms with van der Waals surface area (Å²) in [5.74, 6) is -0.406. The van der Waals surface area contributed by atoms with Gasteiger partial charge in [0.15, 0.2) is 5.78 Å². The van der Waals surface area contributed by atoms with Crippen LogP contribution in [0.1, 0.15) is 98.1 Å². The largest absolute Gasteiger partial charge is 0.379 e.